The molecular formula is C28H21N3O6S. The molecule has 0 saturated carbocycles. The van der Waals surface area contributed by atoms with E-state index < -0.39 is 22.7 Å². The number of nitro groups is 1. The van der Waals surface area contributed by atoms with E-state index in [4.69, 9.17) is 4.74 Å². The summed E-state index contributed by atoms with van der Waals surface area (Å²) < 4.78 is 6.59. The van der Waals surface area contributed by atoms with Gasteiger partial charge < -0.3 is 9.84 Å². The second-order valence-corrected chi connectivity index (χ2v) is 10.4. The molecule has 1 amide bonds. The fraction of sp³-hybridized carbons (Fsp3) is 0.179. The Morgan fingerprint density at radius 2 is 1.89 bits per heavy atom. The number of non-ortho nitro benzene ring substituents is 1. The number of nitro benzene ring substituents is 1. The average molecular weight is 528 g/mol. The minimum absolute atomic E-state index is 0.00393. The Hall–Kier alpha value is -4.57. The third-order valence-electron chi connectivity index (χ3n) is 6.77. The third-order valence-corrected chi connectivity index (χ3v) is 7.79. The van der Waals surface area contributed by atoms with Crippen LogP contribution in [0.3, 0.4) is 0 Å². The summed E-state index contributed by atoms with van der Waals surface area (Å²) in [5.74, 6) is -1.30. The lowest BCUT2D eigenvalue weighted by atomic mass is 9.94. The Morgan fingerprint density at radius 1 is 1.13 bits per heavy atom. The number of amides is 1. The van der Waals surface area contributed by atoms with Crippen LogP contribution in [0.1, 0.15) is 35.2 Å². The second kappa shape index (κ2) is 8.77. The van der Waals surface area contributed by atoms with Crippen molar-refractivity contribution in [2.75, 3.05) is 4.90 Å². The highest BCUT2D eigenvalue weighted by Gasteiger charge is 2.48. The maximum absolute atomic E-state index is 13.5. The van der Waals surface area contributed by atoms with Gasteiger partial charge in [-0.2, -0.15) is 0 Å². The van der Waals surface area contributed by atoms with Crippen molar-refractivity contribution in [3.63, 3.8) is 0 Å². The second-order valence-electron chi connectivity index (χ2n) is 9.44. The molecule has 3 aromatic carbocycles. The number of carbonyl (C=O) groups is 2. The van der Waals surface area contributed by atoms with Gasteiger partial charge in [0.2, 0.25) is 0 Å². The molecule has 2 atom stereocenters. The molecule has 2 unspecified atom stereocenters. The molecule has 190 valence electrons. The number of benzene rings is 3. The number of hydrogen-bond acceptors (Lipinski definition) is 8. The van der Waals surface area contributed by atoms with Crippen LogP contribution in [-0.4, -0.2) is 32.8 Å². The molecule has 2 aliphatic rings. The monoisotopic (exact) mass is 527 g/mol. The van der Waals surface area contributed by atoms with Gasteiger partial charge in [-0.25, -0.2) is 4.98 Å². The number of ether oxygens (including phenoxy) is 1. The van der Waals surface area contributed by atoms with E-state index in [1.807, 2.05) is 32.0 Å². The number of fused-ring (bicyclic) bond motifs is 2. The first-order valence-corrected chi connectivity index (χ1v) is 12.8. The van der Waals surface area contributed by atoms with E-state index in [9.17, 15) is 24.8 Å². The van der Waals surface area contributed by atoms with Gasteiger partial charge >= 0.3 is 5.91 Å². The molecule has 38 heavy (non-hydrogen) atoms. The number of ketones is 1. The van der Waals surface area contributed by atoms with E-state index in [0.717, 1.165) is 15.8 Å². The molecule has 0 spiro atoms. The van der Waals surface area contributed by atoms with Crippen molar-refractivity contribution < 1.29 is 24.4 Å². The number of aliphatic hydroxyl groups is 1. The SMILES string of the molecule is Cc1ccc2nc(N3C(=O)C(=O)C(=C(O)c4ccc5c(c4)CC(C)O5)C3c3ccc([N+](=O)[O-])cc3)sc2c1. The van der Waals surface area contributed by atoms with Crippen molar-refractivity contribution in [2.45, 2.75) is 32.4 Å². The molecule has 10 heteroatoms. The first-order chi connectivity index (χ1) is 18.2. The van der Waals surface area contributed by atoms with Gasteiger partial charge in [-0.15, -0.1) is 0 Å². The molecule has 2 aliphatic heterocycles. The van der Waals surface area contributed by atoms with Crippen LogP contribution in [0.15, 0.2) is 66.2 Å². The summed E-state index contributed by atoms with van der Waals surface area (Å²) in [5.41, 5.74) is 3.17. The topological polar surface area (TPSA) is 123 Å². The Balaban J connectivity index is 1.53. The molecule has 1 N–H and O–H groups in total. The fourth-order valence-electron chi connectivity index (χ4n) is 4.97. The lowest BCUT2D eigenvalue weighted by molar-refractivity contribution is -0.384. The van der Waals surface area contributed by atoms with E-state index in [0.29, 0.717) is 33.9 Å². The van der Waals surface area contributed by atoms with Gasteiger partial charge in [0.15, 0.2) is 5.13 Å². The number of hydrogen-bond donors (Lipinski definition) is 1. The number of carbonyl (C=O) groups excluding carboxylic acids is 2. The number of nitrogens with zero attached hydrogens (tertiary/aromatic N) is 3. The molecule has 1 fully saturated rings. The molecule has 1 aromatic heterocycles. The summed E-state index contributed by atoms with van der Waals surface area (Å²) in [6.45, 7) is 3.89. The maximum atomic E-state index is 13.5. The normalized spacial score (nSPS) is 20.1. The van der Waals surface area contributed by atoms with Crippen molar-refractivity contribution in [3.05, 3.63) is 98.6 Å². The highest BCUT2D eigenvalue weighted by atomic mass is 32.1. The minimum atomic E-state index is -1.03. The van der Waals surface area contributed by atoms with Crippen molar-refractivity contribution >= 4 is 49.8 Å². The largest absolute Gasteiger partial charge is 0.507 e. The zero-order valence-corrected chi connectivity index (χ0v) is 21.2. The van der Waals surface area contributed by atoms with Crippen LogP contribution in [0.2, 0.25) is 0 Å². The summed E-state index contributed by atoms with van der Waals surface area (Å²) in [6.07, 6.45) is 0.651. The van der Waals surface area contributed by atoms with E-state index in [1.165, 1.54) is 40.5 Å². The van der Waals surface area contributed by atoms with E-state index in [1.54, 1.807) is 18.2 Å². The first kappa shape index (κ1) is 23.8. The van der Waals surface area contributed by atoms with Crippen molar-refractivity contribution in [3.8, 4) is 5.75 Å². The molecule has 0 bridgehead atoms. The summed E-state index contributed by atoms with van der Waals surface area (Å²) in [6, 6.07) is 15.4. The number of aryl methyl sites for hydroxylation is 1. The zero-order chi connectivity index (χ0) is 26.7. The fourth-order valence-corrected chi connectivity index (χ4v) is 6.06. The van der Waals surface area contributed by atoms with Crippen LogP contribution < -0.4 is 9.64 Å². The third kappa shape index (κ3) is 3.81. The van der Waals surface area contributed by atoms with Crippen LogP contribution in [-0.2, 0) is 16.0 Å². The summed E-state index contributed by atoms with van der Waals surface area (Å²) in [4.78, 5) is 43.5. The van der Waals surface area contributed by atoms with Gasteiger partial charge in [-0.3, -0.25) is 24.6 Å². The quantitative estimate of drug-likeness (QED) is 0.123. The van der Waals surface area contributed by atoms with Crippen LogP contribution in [0.5, 0.6) is 5.75 Å². The van der Waals surface area contributed by atoms with E-state index >= 15 is 0 Å². The Kier molecular flexibility index (Phi) is 5.50. The highest BCUT2D eigenvalue weighted by Crippen LogP contribution is 2.45. The van der Waals surface area contributed by atoms with Gasteiger partial charge in [-0.05, 0) is 73.0 Å². The predicted octanol–water partition coefficient (Wildman–Crippen LogP) is 5.46. The highest BCUT2D eigenvalue weighted by molar-refractivity contribution is 7.22. The van der Waals surface area contributed by atoms with Crippen molar-refractivity contribution in [1.29, 1.82) is 0 Å². The lowest BCUT2D eigenvalue weighted by Gasteiger charge is -2.23. The van der Waals surface area contributed by atoms with Crippen LogP contribution in [0.25, 0.3) is 16.0 Å². The van der Waals surface area contributed by atoms with E-state index in [2.05, 4.69) is 4.98 Å². The minimum Gasteiger partial charge on any atom is -0.507 e. The molecule has 9 nitrogen and oxygen atoms in total. The number of rotatable bonds is 4. The number of Topliss-reactive ketones (excluding diaryl/α,β-unsaturated/α-hetero) is 1. The molecule has 0 aliphatic carbocycles. The van der Waals surface area contributed by atoms with Gasteiger partial charge in [0.1, 0.15) is 17.6 Å². The first-order valence-electron chi connectivity index (χ1n) is 11.9. The predicted molar refractivity (Wildman–Crippen MR) is 142 cm³/mol. The van der Waals surface area contributed by atoms with Crippen molar-refractivity contribution in [2.24, 2.45) is 0 Å². The van der Waals surface area contributed by atoms with Gasteiger partial charge in [-0.1, -0.05) is 17.4 Å². The molecule has 1 saturated heterocycles. The summed E-state index contributed by atoms with van der Waals surface area (Å²) in [7, 11) is 0. The zero-order valence-electron chi connectivity index (χ0n) is 20.4. The number of aliphatic hydroxyl groups excluding tert-OH is 1. The smallest absolute Gasteiger partial charge is 0.301 e. The summed E-state index contributed by atoms with van der Waals surface area (Å²) >= 11 is 1.26. The number of anilines is 1. The molecule has 6 rings (SSSR count). The van der Waals surface area contributed by atoms with Gasteiger partial charge in [0.05, 0.1) is 26.8 Å². The standard InChI is InChI=1S/C28H21N3O6S/c1-14-3-9-20-22(11-14)38-28(29-20)30-24(16-4-7-19(8-5-16)31(35)36)23(26(33)27(30)34)25(32)17-6-10-21-18(13-17)12-15(2)37-21/h3-11,13,15,24,32H,12H2,1-2H3. The van der Waals surface area contributed by atoms with Crippen molar-refractivity contribution in [1.82, 2.24) is 4.98 Å². The van der Waals surface area contributed by atoms with Crippen LogP contribution in [0.4, 0.5) is 10.8 Å². The van der Waals surface area contributed by atoms with Gasteiger partial charge in [0, 0.05) is 24.1 Å². The Labute approximate surface area is 220 Å². The Bertz CT molecular complexity index is 1690. The number of aromatic nitrogens is 1. The molecule has 3 heterocycles. The van der Waals surface area contributed by atoms with Crippen LogP contribution >= 0.6 is 11.3 Å². The maximum Gasteiger partial charge on any atom is 0.301 e. The molecule has 0 radical (unpaired) electrons. The van der Waals surface area contributed by atoms with Crippen LogP contribution in [0, 0.1) is 17.0 Å². The molecular weight excluding hydrogens is 506 g/mol. The molecule has 4 aromatic rings. The summed E-state index contributed by atoms with van der Waals surface area (Å²) in [5, 5.41) is 23.0. The Morgan fingerprint density at radius 3 is 2.63 bits per heavy atom. The van der Waals surface area contributed by atoms with Gasteiger partial charge in [0.25, 0.3) is 11.5 Å². The number of thiazole rings is 1. The average Bonchev–Trinajstić information content (AvgIpc) is 3.55. The van der Waals surface area contributed by atoms with E-state index in [-0.39, 0.29) is 23.1 Å². The lowest BCUT2D eigenvalue weighted by Crippen LogP contribution is -2.29.